The highest BCUT2D eigenvalue weighted by Crippen LogP contribution is 2.31. The SMILES string of the molecule is COC(=O)c1ccc(C)n(-c2c(OC)ccc3ccccc23)c1=O. The number of carbonyl (C=O) groups excluding carboxylic acids is 1. The van der Waals surface area contributed by atoms with Crippen molar-refractivity contribution in [3.8, 4) is 11.4 Å². The van der Waals surface area contributed by atoms with Gasteiger partial charge in [-0.3, -0.25) is 9.36 Å². The molecule has 0 saturated carbocycles. The van der Waals surface area contributed by atoms with Gasteiger partial charge in [-0.15, -0.1) is 0 Å². The summed E-state index contributed by atoms with van der Waals surface area (Å²) in [5.41, 5.74) is 0.862. The number of hydrogen-bond acceptors (Lipinski definition) is 4. The standard InChI is InChI=1S/C19H17NO4/c1-12-8-10-15(19(22)24-3)18(21)20(12)17-14-7-5-4-6-13(14)9-11-16(17)23-2/h4-11H,1-3H3. The Balaban J connectivity index is 2.44. The van der Waals surface area contributed by atoms with Crippen LogP contribution in [-0.2, 0) is 4.74 Å². The van der Waals surface area contributed by atoms with Crippen molar-refractivity contribution < 1.29 is 14.3 Å². The number of pyridine rings is 1. The van der Waals surface area contributed by atoms with E-state index in [1.54, 1.807) is 13.2 Å². The summed E-state index contributed by atoms with van der Waals surface area (Å²) >= 11 is 0. The van der Waals surface area contributed by atoms with E-state index in [1.807, 2.05) is 43.3 Å². The first-order chi connectivity index (χ1) is 11.6. The smallest absolute Gasteiger partial charge is 0.343 e. The van der Waals surface area contributed by atoms with Crippen LogP contribution in [0, 0.1) is 6.92 Å². The number of ether oxygens (including phenoxy) is 2. The van der Waals surface area contributed by atoms with Gasteiger partial charge in [-0.05, 0) is 30.5 Å². The Labute approximate surface area is 139 Å². The van der Waals surface area contributed by atoms with Gasteiger partial charge >= 0.3 is 5.97 Å². The molecule has 0 amide bonds. The van der Waals surface area contributed by atoms with E-state index < -0.39 is 11.5 Å². The highest BCUT2D eigenvalue weighted by molar-refractivity contribution is 5.94. The van der Waals surface area contributed by atoms with Gasteiger partial charge in [0.2, 0.25) is 0 Å². The van der Waals surface area contributed by atoms with Gasteiger partial charge in [-0.1, -0.05) is 30.3 Å². The van der Waals surface area contributed by atoms with E-state index >= 15 is 0 Å². The maximum atomic E-state index is 12.9. The fourth-order valence-electron chi connectivity index (χ4n) is 2.80. The molecular weight excluding hydrogens is 306 g/mol. The monoisotopic (exact) mass is 323 g/mol. The molecule has 0 bridgehead atoms. The Bertz CT molecular complexity index is 988. The molecule has 1 aromatic heterocycles. The third-order valence-corrected chi connectivity index (χ3v) is 3.99. The molecule has 0 N–H and O–H groups in total. The van der Waals surface area contributed by atoms with Crippen molar-refractivity contribution in [1.82, 2.24) is 4.57 Å². The number of rotatable bonds is 3. The first-order valence-corrected chi connectivity index (χ1v) is 7.45. The summed E-state index contributed by atoms with van der Waals surface area (Å²) in [7, 11) is 2.81. The molecule has 0 spiro atoms. The van der Waals surface area contributed by atoms with Crippen LogP contribution in [0.25, 0.3) is 16.5 Å². The van der Waals surface area contributed by atoms with Gasteiger partial charge in [-0.2, -0.15) is 0 Å². The van der Waals surface area contributed by atoms with Gasteiger partial charge in [0.05, 0.1) is 19.9 Å². The van der Waals surface area contributed by atoms with Gasteiger partial charge < -0.3 is 9.47 Å². The van der Waals surface area contributed by atoms with Crippen LogP contribution in [0.4, 0.5) is 0 Å². The number of fused-ring (bicyclic) bond motifs is 1. The van der Waals surface area contributed by atoms with E-state index in [0.29, 0.717) is 17.1 Å². The highest BCUT2D eigenvalue weighted by Gasteiger charge is 2.19. The van der Waals surface area contributed by atoms with E-state index in [4.69, 9.17) is 9.47 Å². The average molecular weight is 323 g/mol. The molecule has 2 aromatic carbocycles. The Morgan fingerprint density at radius 2 is 1.75 bits per heavy atom. The Hall–Kier alpha value is -3.08. The van der Waals surface area contributed by atoms with Gasteiger partial charge in [0.1, 0.15) is 11.3 Å². The van der Waals surface area contributed by atoms with Crippen LogP contribution in [0.2, 0.25) is 0 Å². The lowest BCUT2D eigenvalue weighted by Crippen LogP contribution is -2.27. The summed E-state index contributed by atoms with van der Waals surface area (Å²) in [5.74, 6) is -0.103. The minimum absolute atomic E-state index is 0.0157. The van der Waals surface area contributed by atoms with Crippen LogP contribution in [0.5, 0.6) is 5.75 Å². The van der Waals surface area contributed by atoms with Crippen LogP contribution >= 0.6 is 0 Å². The number of nitrogens with zero attached hydrogens (tertiary/aromatic N) is 1. The normalized spacial score (nSPS) is 10.6. The third-order valence-electron chi connectivity index (χ3n) is 3.99. The molecule has 0 aliphatic heterocycles. The van der Waals surface area contributed by atoms with Crippen molar-refractivity contribution in [2.45, 2.75) is 6.92 Å². The minimum Gasteiger partial charge on any atom is -0.495 e. The van der Waals surface area contributed by atoms with Crippen LogP contribution in [0.3, 0.4) is 0 Å². The molecule has 5 heteroatoms. The average Bonchev–Trinajstić information content (AvgIpc) is 2.61. The number of carbonyl (C=O) groups is 1. The van der Waals surface area contributed by atoms with Crippen LogP contribution < -0.4 is 10.3 Å². The van der Waals surface area contributed by atoms with E-state index in [0.717, 1.165) is 10.8 Å². The largest absolute Gasteiger partial charge is 0.495 e. The molecule has 3 rings (SSSR count). The molecule has 122 valence electrons. The second-order valence-corrected chi connectivity index (χ2v) is 5.36. The molecule has 5 nitrogen and oxygen atoms in total. The fourth-order valence-corrected chi connectivity index (χ4v) is 2.80. The summed E-state index contributed by atoms with van der Waals surface area (Å²) in [6, 6.07) is 14.7. The number of esters is 1. The molecule has 0 unspecified atom stereocenters. The molecule has 0 saturated heterocycles. The van der Waals surface area contributed by atoms with Crippen molar-refractivity contribution >= 4 is 16.7 Å². The van der Waals surface area contributed by atoms with Gasteiger partial charge in [0, 0.05) is 11.1 Å². The highest BCUT2D eigenvalue weighted by atomic mass is 16.5. The quantitative estimate of drug-likeness (QED) is 0.695. The Morgan fingerprint density at radius 3 is 2.46 bits per heavy atom. The van der Waals surface area contributed by atoms with Gasteiger partial charge in [0.15, 0.2) is 0 Å². The Kier molecular flexibility index (Phi) is 4.08. The predicted molar refractivity (Wildman–Crippen MR) is 92.2 cm³/mol. The van der Waals surface area contributed by atoms with E-state index in [9.17, 15) is 9.59 Å². The molecule has 0 aliphatic rings. The molecule has 24 heavy (non-hydrogen) atoms. The topological polar surface area (TPSA) is 57.5 Å². The van der Waals surface area contributed by atoms with E-state index in [1.165, 1.54) is 17.7 Å². The first-order valence-electron chi connectivity index (χ1n) is 7.45. The van der Waals surface area contributed by atoms with Crippen molar-refractivity contribution in [3.05, 3.63) is 70.1 Å². The van der Waals surface area contributed by atoms with Crippen LogP contribution in [0.1, 0.15) is 16.1 Å². The zero-order valence-electron chi connectivity index (χ0n) is 13.7. The molecule has 3 aromatic rings. The van der Waals surface area contributed by atoms with Crippen molar-refractivity contribution in [1.29, 1.82) is 0 Å². The number of hydrogen-bond donors (Lipinski definition) is 0. The summed E-state index contributed by atoms with van der Waals surface area (Å²) in [6.45, 7) is 1.81. The predicted octanol–water partition coefficient (Wildman–Crippen LogP) is 3.09. The Morgan fingerprint density at radius 1 is 1.00 bits per heavy atom. The zero-order valence-corrected chi connectivity index (χ0v) is 13.7. The second kappa shape index (κ2) is 6.20. The maximum absolute atomic E-state index is 12.9. The maximum Gasteiger partial charge on any atom is 0.343 e. The molecule has 0 fully saturated rings. The first kappa shape index (κ1) is 15.8. The zero-order chi connectivity index (χ0) is 17.3. The lowest BCUT2D eigenvalue weighted by molar-refractivity contribution is 0.0598. The second-order valence-electron chi connectivity index (χ2n) is 5.36. The number of benzene rings is 2. The number of methoxy groups -OCH3 is 2. The molecule has 0 radical (unpaired) electrons. The van der Waals surface area contributed by atoms with E-state index in [2.05, 4.69) is 0 Å². The van der Waals surface area contributed by atoms with Crippen LogP contribution in [0.15, 0.2) is 53.3 Å². The summed E-state index contributed by atoms with van der Waals surface area (Å²) in [5, 5.41) is 1.84. The molecular formula is C19H17NO4. The van der Waals surface area contributed by atoms with Crippen molar-refractivity contribution in [2.75, 3.05) is 14.2 Å². The van der Waals surface area contributed by atoms with Crippen molar-refractivity contribution in [3.63, 3.8) is 0 Å². The lowest BCUT2D eigenvalue weighted by atomic mass is 10.1. The van der Waals surface area contributed by atoms with Gasteiger partial charge in [-0.25, -0.2) is 4.79 Å². The number of aromatic nitrogens is 1. The molecule has 0 atom stereocenters. The fraction of sp³-hybridized carbons (Fsp3) is 0.158. The third kappa shape index (κ3) is 2.44. The molecule has 1 heterocycles. The van der Waals surface area contributed by atoms with Crippen molar-refractivity contribution in [2.24, 2.45) is 0 Å². The summed E-state index contributed by atoms with van der Waals surface area (Å²) in [6.07, 6.45) is 0. The lowest BCUT2D eigenvalue weighted by Gasteiger charge is -2.17. The minimum atomic E-state index is -0.659. The van der Waals surface area contributed by atoms with Crippen LogP contribution in [-0.4, -0.2) is 24.8 Å². The van der Waals surface area contributed by atoms with E-state index in [-0.39, 0.29) is 5.56 Å². The molecule has 0 aliphatic carbocycles. The van der Waals surface area contributed by atoms with Gasteiger partial charge in [0.25, 0.3) is 5.56 Å². The summed E-state index contributed by atoms with van der Waals surface area (Å²) < 4.78 is 11.7. The summed E-state index contributed by atoms with van der Waals surface area (Å²) in [4.78, 5) is 24.8. The number of aryl methyl sites for hydroxylation is 1.